The molecule has 0 atom stereocenters. The van der Waals surface area contributed by atoms with Gasteiger partial charge in [0, 0.05) is 38.1 Å². The Balaban J connectivity index is 1.83. The molecule has 1 fully saturated rings. The van der Waals surface area contributed by atoms with E-state index < -0.39 is 0 Å². The van der Waals surface area contributed by atoms with Crippen molar-refractivity contribution in [3.05, 3.63) is 46.7 Å². The van der Waals surface area contributed by atoms with Crippen molar-refractivity contribution in [1.82, 2.24) is 19.6 Å². The molecule has 3 rings (SSSR count). The topological polar surface area (TPSA) is 58.4 Å². The molecule has 1 aromatic heterocycles. The third-order valence-electron chi connectivity index (χ3n) is 4.50. The highest BCUT2D eigenvalue weighted by Gasteiger charge is 2.26. The van der Waals surface area contributed by atoms with Crippen LogP contribution >= 0.6 is 11.6 Å². The van der Waals surface area contributed by atoms with Crippen LogP contribution in [0.3, 0.4) is 0 Å². The Hall–Kier alpha value is -2.34. The molecule has 0 unspecified atom stereocenters. The molecule has 132 valence electrons. The van der Waals surface area contributed by atoms with Gasteiger partial charge in [0.05, 0.1) is 23.1 Å². The third kappa shape index (κ3) is 3.54. The van der Waals surface area contributed by atoms with Gasteiger partial charge in [-0.3, -0.25) is 9.59 Å². The predicted octanol–water partition coefficient (Wildman–Crippen LogP) is 2.39. The summed E-state index contributed by atoms with van der Waals surface area (Å²) < 4.78 is 1.77. The van der Waals surface area contributed by atoms with E-state index in [-0.39, 0.29) is 11.8 Å². The zero-order valence-corrected chi connectivity index (χ0v) is 15.2. The number of benzene rings is 1. The van der Waals surface area contributed by atoms with E-state index in [1.807, 2.05) is 25.1 Å². The van der Waals surface area contributed by atoms with Crippen LogP contribution in [0.4, 0.5) is 0 Å². The van der Waals surface area contributed by atoms with Crippen molar-refractivity contribution in [2.75, 3.05) is 26.2 Å². The highest BCUT2D eigenvalue weighted by Crippen LogP contribution is 2.20. The van der Waals surface area contributed by atoms with Crippen molar-refractivity contribution in [3.8, 4) is 5.69 Å². The monoisotopic (exact) mass is 360 g/mol. The summed E-state index contributed by atoms with van der Waals surface area (Å²) in [4.78, 5) is 27.9. The summed E-state index contributed by atoms with van der Waals surface area (Å²) in [6.45, 7) is 5.80. The molecule has 2 aromatic rings. The van der Waals surface area contributed by atoms with Crippen LogP contribution in [0.2, 0.25) is 5.02 Å². The van der Waals surface area contributed by atoms with E-state index in [0.717, 1.165) is 11.4 Å². The first-order valence-electron chi connectivity index (χ1n) is 8.39. The van der Waals surface area contributed by atoms with Crippen molar-refractivity contribution in [3.63, 3.8) is 0 Å². The molecule has 2 heterocycles. The number of piperazine rings is 1. The summed E-state index contributed by atoms with van der Waals surface area (Å²) >= 11 is 6.07. The fourth-order valence-corrected chi connectivity index (χ4v) is 3.30. The molecule has 0 aliphatic carbocycles. The maximum Gasteiger partial charge on any atom is 0.257 e. The number of hydrogen-bond acceptors (Lipinski definition) is 3. The second-order valence-corrected chi connectivity index (χ2v) is 6.48. The zero-order valence-electron chi connectivity index (χ0n) is 14.4. The SMILES string of the molecule is CCc1c(C(=O)N2CCN(C(C)=O)CC2)cnn1-c1cccc(Cl)c1. The second-order valence-electron chi connectivity index (χ2n) is 6.05. The first-order chi connectivity index (χ1) is 12.0. The van der Waals surface area contributed by atoms with Gasteiger partial charge in [-0.1, -0.05) is 24.6 Å². The Morgan fingerprint density at radius 3 is 2.44 bits per heavy atom. The number of rotatable bonds is 3. The number of halogens is 1. The lowest BCUT2D eigenvalue weighted by atomic mass is 10.1. The van der Waals surface area contributed by atoms with Crippen LogP contribution in [-0.4, -0.2) is 57.6 Å². The van der Waals surface area contributed by atoms with E-state index in [0.29, 0.717) is 43.2 Å². The smallest absolute Gasteiger partial charge is 0.257 e. The molecule has 7 heteroatoms. The van der Waals surface area contributed by atoms with Crippen molar-refractivity contribution < 1.29 is 9.59 Å². The maximum atomic E-state index is 12.9. The summed E-state index contributed by atoms with van der Waals surface area (Å²) in [5, 5.41) is 5.03. The molecule has 1 saturated heterocycles. The number of nitrogens with zero attached hydrogens (tertiary/aromatic N) is 4. The van der Waals surface area contributed by atoms with Crippen molar-refractivity contribution in [2.45, 2.75) is 20.3 Å². The fraction of sp³-hybridized carbons (Fsp3) is 0.389. The minimum atomic E-state index is -0.0340. The van der Waals surface area contributed by atoms with Crippen LogP contribution < -0.4 is 0 Å². The van der Waals surface area contributed by atoms with E-state index in [1.165, 1.54) is 0 Å². The Labute approximate surface area is 152 Å². The molecule has 1 aromatic carbocycles. The molecule has 6 nitrogen and oxygen atoms in total. The van der Waals surface area contributed by atoms with Crippen LogP contribution in [0.5, 0.6) is 0 Å². The van der Waals surface area contributed by atoms with E-state index >= 15 is 0 Å². The van der Waals surface area contributed by atoms with Gasteiger partial charge in [-0.15, -0.1) is 0 Å². The normalized spacial score (nSPS) is 14.7. The fourth-order valence-electron chi connectivity index (χ4n) is 3.12. The number of aromatic nitrogens is 2. The van der Waals surface area contributed by atoms with Gasteiger partial charge in [0.2, 0.25) is 5.91 Å². The average molecular weight is 361 g/mol. The quantitative estimate of drug-likeness (QED) is 0.844. The van der Waals surface area contributed by atoms with E-state index in [1.54, 1.807) is 33.7 Å². The Bertz CT molecular complexity index is 794. The molecular formula is C18H21ClN4O2. The van der Waals surface area contributed by atoms with Crippen LogP contribution in [0.15, 0.2) is 30.5 Å². The highest BCUT2D eigenvalue weighted by molar-refractivity contribution is 6.30. The standard InChI is InChI=1S/C18H21ClN4O2/c1-3-17-16(12-20-23(17)15-6-4-5-14(19)11-15)18(25)22-9-7-21(8-10-22)13(2)24/h4-6,11-12H,3,7-10H2,1-2H3. The van der Waals surface area contributed by atoms with Crippen molar-refractivity contribution in [1.29, 1.82) is 0 Å². The molecule has 0 spiro atoms. The van der Waals surface area contributed by atoms with Crippen LogP contribution in [0.25, 0.3) is 5.69 Å². The van der Waals surface area contributed by atoms with Crippen molar-refractivity contribution in [2.24, 2.45) is 0 Å². The van der Waals surface area contributed by atoms with Gasteiger partial charge >= 0.3 is 0 Å². The van der Waals surface area contributed by atoms with Crippen molar-refractivity contribution >= 4 is 23.4 Å². The average Bonchev–Trinajstić information content (AvgIpc) is 3.05. The van der Waals surface area contributed by atoms with Gasteiger partial charge in [0.1, 0.15) is 0 Å². The first kappa shape index (κ1) is 17.5. The first-order valence-corrected chi connectivity index (χ1v) is 8.76. The molecular weight excluding hydrogens is 340 g/mol. The van der Waals surface area contributed by atoms with E-state index in [9.17, 15) is 9.59 Å². The number of amides is 2. The lowest BCUT2D eigenvalue weighted by Gasteiger charge is -2.34. The number of hydrogen-bond donors (Lipinski definition) is 0. The molecule has 0 saturated carbocycles. The van der Waals surface area contributed by atoms with Crippen LogP contribution in [0, 0.1) is 0 Å². The van der Waals surface area contributed by atoms with Gasteiger partial charge in [0.25, 0.3) is 5.91 Å². The lowest BCUT2D eigenvalue weighted by molar-refractivity contribution is -0.130. The maximum absolute atomic E-state index is 12.9. The Morgan fingerprint density at radius 2 is 1.84 bits per heavy atom. The molecule has 25 heavy (non-hydrogen) atoms. The molecule has 1 aliphatic rings. The van der Waals surface area contributed by atoms with E-state index in [4.69, 9.17) is 11.6 Å². The Morgan fingerprint density at radius 1 is 1.16 bits per heavy atom. The zero-order chi connectivity index (χ0) is 18.0. The molecule has 0 radical (unpaired) electrons. The number of carbonyl (C=O) groups is 2. The lowest BCUT2D eigenvalue weighted by Crippen LogP contribution is -2.50. The summed E-state index contributed by atoms with van der Waals surface area (Å²) in [5.74, 6) is 0.0171. The number of carbonyl (C=O) groups excluding carboxylic acids is 2. The van der Waals surface area contributed by atoms with Gasteiger partial charge in [-0.25, -0.2) is 4.68 Å². The summed E-state index contributed by atoms with van der Waals surface area (Å²) in [7, 11) is 0. The predicted molar refractivity (Wildman–Crippen MR) is 96.1 cm³/mol. The third-order valence-corrected chi connectivity index (χ3v) is 4.73. The molecule has 2 amide bonds. The van der Waals surface area contributed by atoms with Gasteiger partial charge in [-0.2, -0.15) is 5.10 Å². The van der Waals surface area contributed by atoms with Gasteiger partial charge in [-0.05, 0) is 24.6 Å². The van der Waals surface area contributed by atoms with E-state index in [2.05, 4.69) is 5.10 Å². The van der Waals surface area contributed by atoms with Crippen LogP contribution in [-0.2, 0) is 11.2 Å². The summed E-state index contributed by atoms with van der Waals surface area (Å²) in [5.41, 5.74) is 2.31. The van der Waals surface area contributed by atoms with Gasteiger partial charge in [0.15, 0.2) is 0 Å². The molecule has 0 bridgehead atoms. The largest absolute Gasteiger partial charge is 0.339 e. The molecule has 0 N–H and O–H groups in total. The second kappa shape index (κ2) is 7.27. The van der Waals surface area contributed by atoms with Gasteiger partial charge < -0.3 is 9.80 Å². The minimum absolute atomic E-state index is 0.0340. The Kier molecular flexibility index (Phi) is 5.08. The molecule has 1 aliphatic heterocycles. The van der Waals surface area contributed by atoms with Crippen LogP contribution in [0.1, 0.15) is 29.9 Å². The minimum Gasteiger partial charge on any atom is -0.339 e. The summed E-state index contributed by atoms with van der Waals surface area (Å²) in [6, 6.07) is 7.41. The highest BCUT2D eigenvalue weighted by atomic mass is 35.5. The summed E-state index contributed by atoms with van der Waals surface area (Å²) in [6.07, 6.45) is 2.31.